The van der Waals surface area contributed by atoms with Crippen molar-refractivity contribution in [3.8, 4) is 17.2 Å². The molecule has 192 valence electrons. The largest absolute Gasteiger partial charge is 0.492 e. The predicted molar refractivity (Wildman–Crippen MR) is 142 cm³/mol. The van der Waals surface area contributed by atoms with E-state index in [4.69, 9.17) is 18.9 Å². The molecule has 0 radical (unpaired) electrons. The van der Waals surface area contributed by atoms with E-state index in [1.54, 1.807) is 0 Å². The molecule has 8 nitrogen and oxygen atoms in total. The molecule has 2 heterocycles. The molecular formula is C27H33N3O5S. The minimum atomic E-state index is -0.242. The summed E-state index contributed by atoms with van der Waals surface area (Å²) >= 11 is 1.33. The lowest BCUT2D eigenvalue weighted by molar-refractivity contribution is 0.102. The molecule has 0 bridgehead atoms. The molecule has 0 unspecified atom stereocenters. The van der Waals surface area contributed by atoms with E-state index in [1.165, 1.54) is 16.9 Å². The summed E-state index contributed by atoms with van der Waals surface area (Å²) in [5.41, 5.74) is 3.33. The molecule has 1 aromatic heterocycles. The lowest BCUT2D eigenvalue weighted by Gasteiger charge is -2.31. The Morgan fingerprint density at radius 3 is 2.42 bits per heavy atom. The van der Waals surface area contributed by atoms with Crippen LogP contribution in [0, 0.1) is 13.8 Å². The number of aromatic nitrogens is 1. The number of carbonyl (C=O) groups is 1. The van der Waals surface area contributed by atoms with Gasteiger partial charge in [0.25, 0.3) is 5.91 Å². The van der Waals surface area contributed by atoms with Crippen molar-refractivity contribution in [1.82, 2.24) is 4.98 Å². The van der Waals surface area contributed by atoms with Crippen molar-refractivity contribution < 1.29 is 23.7 Å². The van der Waals surface area contributed by atoms with Gasteiger partial charge in [-0.2, -0.15) is 0 Å². The van der Waals surface area contributed by atoms with Gasteiger partial charge in [0.15, 0.2) is 0 Å². The first-order valence-electron chi connectivity index (χ1n) is 12.2. The van der Waals surface area contributed by atoms with Crippen molar-refractivity contribution in [2.24, 2.45) is 0 Å². The topological polar surface area (TPSA) is 82.2 Å². The van der Waals surface area contributed by atoms with Crippen LogP contribution in [0.2, 0.25) is 0 Å². The van der Waals surface area contributed by atoms with Crippen LogP contribution in [0.5, 0.6) is 17.2 Å². The number of anilines is 2. The highest BCUT2D eigenvalue weighted by Crippen LogP contribution is 2.39. The predicted octanol–water partition coefficient (Wildman–Crippen LogP) is 5.23. The Labute approximate surface area is 216 Å². The fourth-order valence-corrected chi connectivity index (χ4v) is 4.80. The summed E-state index contributed by atoms with van der Waals surface area (Å²) in [6.45, 7) is 11.9. The van der Waals surface area contributed by atoms with Crippen LogP contribution in [0.1, 0.15) is 39.8 Å². The van der Waals surface area contributed by atoms with E-state index in [0.29, 0.717) is 60.8 Å². The van der Waals surface area contributed by atoms with Crippen LogP contribution in [0.25, 0.3) is 0 Å². The SMILES string of the molecule is CCOc1cc(N2CCOCC2)c(OCC)cc1NC(=O)c1sc(COc2ccc(C)cc2)nc1C. The van der Waals surface area contributed by atoms with E-state index >= 15 is 0 Å². The Balaban J connectivity index is 1.53. The molecule has 1 aliphatic heterocycles. The summed E-state index contributed by atoms with van der Waals surface area (Å²) < 4.78 is 23.2. The Kier molecular flexibility index (Phi) is 8.66. The normalized spacial score (nSPS) is 13.4. The third-order valence-electron chi connectivity index (χ3n) is 5.69. The zero-order chi connectivity index (χ0) is 25.5. The van der Waals surface area contributed by atoms with Crippen LogP contribution in [0.3, 0.4) is 0 Å². The van der Waals surface area contributed by atoms with E-state index < -0.39 is 0 Å². The first kappa shape index (κ1) is 25.8. The molecule has 36 heavy (non-hydrogen) atoms. The third kappa shape index (κ3) is 6.27. The minimum absolute atomic E-state index is 0.242. The highest BCUT2D eigenvalue weighted by molar-refractivity contribution is 7.13. The molecule has 2 aromatic carbocycles. The van der Waals surface area contributed by atoms with Gasteiger partial charge in [-0.3, -0.25) is 4.79 Å². The maximum absolute atomic E-state index is 13.3. The first-order valence-corrected chi connectivity index (χ1v) is 13.0. The molecule has 1 aliphatic rings. The number of rotatable bonds is 10. The first-order chi connectivity index (χ1) is 17.5. The Bertz CT molecular complexity index is 1170. The second-order valence-corrected chi connectivity index (χ2v) is 9.44. The van der Waals surface area contributed by atoms with Crippen molar-refractivity contribution in [2.75, 3.05) is 49.7 Å². The number of aryl methyl sites for hydroxylation is 2. The van der Waals surface area contributed by atoms with Crippen LogP contribution in [0.15, 0.2) is 36.4 Å². The number of hydrogen-bond donors (Lipinski definition) is 1. The molecule has 1 amide bonds. The second kappa shape index (κ2) is 12.1. The summed E-state index contributed by atoms with van der Waals surface area (Å²) in [7, 11) is 0. The average Bonchev–Trinajstić information content (AvgIpc) is 3.26. The molecule has 3 aromatic rings. The van der Waals surface area contributed by atoms with E-state index in [2.05, 4.69) is 15.2 Å². The summed E-state index contributed by atoms with van der Waals surface area (Å²) in [6.07, 6.45) is 0. The summed E-state index contributed by atoms with van der Waals surface area (Å²) in [5, 5.41) is 3.75. The molecule has 9 heteroatoms. The monoisotopic (exact) mass is 511 g/mol. The Hall–Kier alpha value is -3.30. The van der Waals surface area contributed by atoms with Gasteiger partial charge in [0.2, 0.25) is 0 Å². The van der Waals surface area contributed by atoms with Gasteiger partial charge in [-0.25, -0.2) is 4.98 Å². The number of nitrogens with one attached hydrogen (secondary N) is 1. The Morgan fingerprint density at radius 1 is 1.03 bits per heavy atom. The molecular weight excluding hydrogens is 478 g/mol. The number of carbonyl (C=O) groups excluding carboxylic acids is 1. The fraction of sp³-hybridized carbons (Fsp3) is 0.407. The number of ether oxygens (including phenoxy) is 4. The second-order valence-electron chi connectivity index (χ2n) is 8.36. The maximum Gasteiger partial charge on any atom is 0.267 e. The molecule has 0 atom stereocenters. The molecule has 1 N–H and O–H groups in total. The van der Waals surface area contributed by atoms with Gasteiger partial charge in [0, 0.05) is 25.2 Å². The van der Waals surface area contributed by atoms with Crippen LogP contribution in [-0.4, -0.2) is 50.4 Å². The maximum atomic E-state index is 13.3. The number of nitrogens with zero attached hydrogens (tertiary/aromatic N) is 2. The zero-order valence-electron chi connectivity index (χ0n) is 21.3. The highest BCUT2D eigenvalue weighted by Gasteiger charge is 2.22. The molecule has 0 spiro atoms. The lowest BCUT2D eigenvalue weighted by Crippen LogP contribution is -2.36. The van der Waals surface area contributed by atoms with Gasteiger partial charge < -0.3 is 29.2 Å². The minimum Gasteiger partial charge on any atom is -0.492 e. The number of amides is 1. The van der Waals surface area contributed by atoms with Crippen molar-refractivity contribution in [1.29, 1.82) is 0 Å². The van der Waals surface area contributed by atoms with Gasteiger partial charge in [-0.15, -0.1) is 11.3 Å². The van der Waals surface area contributed by atoms with E-state index in [1.807, 2.05) is 64.1 Å². The number of thiazole rings is 1. The van der Waals surface area contributed by atoms with Crippen LogP contribution >= 0.6 is 11.3 Å². The third-order valence-corrected chi connectivity index (χ3v) is 6.82. The number of hydrogen-bond acceptors (Lipinski definition) is 8. The molecule has 1 fully saturated rings. The van der Waals surface area contributed by atoms with Crippen LogP contribution in [0.4, 0.5) is 11.4 Å². The van der Waals surface area contributed by atoms with E-state index in [9.17, 15) is 4.79 Å². The molecule has 4 rings (SSSR count). The highest BCUT2D eigenvalue weighted by atomic mass is 32.1. The summed E-state index contributed by atoms with van der Waals surface area (Å²) in [5.74, 6) is 1.82. The Morgan fingerprint density at radius 2 is 1.72 bits per heavy atom. The van der Waals surface area contributed by atoms with Crippen LogP contribution < -0.4 is 24.4 Å². The van der Waals surface area contributed by atoms with Gasteiger partial charge >= 0.3 is 0 Å². The van der Waals surface area contributed by atoms with Gasteiger partial charge in [0.1, 0.15) is 33.7 Å². The molecule has 0 saturated carbocycles. The van der Waals surface area contributed by atoms with Gasteiger partial charge in [-0.05, 0) is 39.8 Å². The zero-order valence-corrected chi connectivity index (χ0v) is 22.1. The van der Waals surface area contributed by atoms with Gasteiger partial charge in [-0.1, -0.05) is 17.7 Å². The smallest absolute Gasteiger partial charge is 0.267 e. The number of benzene rings is 2. The summed E-state index contributed by atoms with van der Waals surface area (Å²) in [6, 6.07) is 11.6. The molecule has 1 saturated heterocycles. The number of morpholine rings is 1. The van der Waals surface area contributed by atoms with Crippen LogP contribution in [-0.2, 0) is 11.3 Å². The standard InChI is InChI=1S/C27H33N3O5S/c1-5-33-23-16-22(30-11-13-32-14-12-30)24(34-6-2)15-21(23)29-27(31)26-19(4)28-25(36-26)17-35-20-9-7-18(3)8-10-20/h7-10,15-16H,5-6,11-14,17H2,1-4H3,(H,29,31). The van der Waals surface area contributed by atoms with Crippen molar-refractivity contribution in [3.63, 3.8) is 0 Å². The van der Waals surface area contributed by atoms with Crippen molar-refractivity contribution >= 4 is 28.6 Å². The average molecular weight is 512 g/mol. The lowest BCUT2D eigenvalue weighted by atomic mass is 10.2. The molecule has 0 aliphatic carbocycles. The van der Waals surface area contributed by atoms with Crippen molar-refractivity contribution in [3.05, 3.63) is 57.5 Å². The van der Waals surface area contributed by atoms with Crippen molar-refractivity contribution in [2.45, 2.75) is 34.3 Å². The van der Waals surface area contributed by atoms with E-state index in [-0.39, 0.29) is 5.91 Å². The van der Waals surface area contributed by atoms with Gasteiger partial charge in [0.05, 0.1) is 43.5 Å². The quantitative estimate of drug-likeness (QED) is 0.399. The fourth-order valence-electron chi connectivity index (χ4n) is 3.93. The summed E-state index contributed by atoms with van der Waals surface area (Å²) in [4.78, 5) is 20.6. The van der Waals surface area contributed by atoms with E-state index in [0.717, 1.165) is 29.5 Å².